The average molecular weight is 310 g/mol. The zero-order valence-electron chi connectivity index (χ0n) is 11.1. The number of carboxylic acids is 1. The van der Waals surface area contributed by atoms with Crippen LogP contribution in [-0.4, -0.2) is 27.4 Å². The van der Waals surface area contributed by atoms with Crippen molar-refractivity contribution in [3.8, 4) is 0 Å². The fourth-order valence-corrected chi connectivity index (χ4v) is 2.78. The quantitative estimate of drug-likeness (QED) is 0.911. The highest BCUT2D eigenvalue weighted by Crippen LogP contribution is 2.24. The van der Waals surface area contributed by atoms with Crippen molar-refractivity contribution >= 4 is 17.6 Å². The first kappa shape index (κ1) is 14.0. The van der Waals surface area contributed by atoms with Gasteiger partial charge in [-0.1, -0.05) is 17.7 Å². The number of carbonyl (C=O) groups is 1. The summed E-state index contributed by atoms with van der Waals surface area (Å²) in [5.74, 6) is -1.49. The first-order chi connectivity index (χ1) is 10.1. The Hall–Kier alpha value is -1.92. The molecular weight excluding hydrogens is 297 g/mol. The van der Waals surface area contributed by atoms with Crippen LogP contribution >= 0.6 is 11.6 Å². The molecule has 0 saturated carbocycles. The number of benzene rings is 1. The fourth-order valence-electron chi connectivity index (χ4n) is 2.56. The third-order valence-corrected chi connectivity index (χ3v) is 3.93. The smallest absolute Gasteiger partial charge is 0.356 e. The van der Waals surface area contributed by atoms with Crippen LogP contribution in [0.1, 0.15) is 27.3 Å². The van der Waals surface area contributed by atoms with Gasteiger partial charge in [0.15, 0.2) is 5.69 Å². The van der Waals surface area contributed by atoms with Crippen molar-refractivity contribution in [3.63, 3.8) is 0 Å². The summed E-state index contributed by atoms with van der Waals surface area (Å²) in [7, 11) is 0. The second-order valence-corrected chi connectivity index (χ2v) is 5.27. The highest BCUT2D eigenvalue weighted by Gasteiger charge is 2.25. The van der Waals surface area contributed by atoms with E-state index in [-0.39, 0.29) is 12.2 Å². The second-order valence-electron chi connectivity index (χ2n) is 4.86. The van der Waals surface area contributed by atoms with Crippen molar-refractivity contribution in [1.82, 2.24) is 15.1 Å². The molecular formula is C14H13ClFN3O2. The molecule has 0 radical (unpaired) electrons. The molecule has 110 valence electrons. The van der Waals surface area contributed by atoms with Gasteiger partial charge in [0.2, 0.25) is 0 Å². The van der Waals surface area contributed by atoms with E-state index in [1.165, 1.54) is 12.1 Å². The molecule has 5 nitrogen and oxygen atoms in total. The second kappa shape index (κ2) is 5.46. The molecule has 2 heterocycles. The molecule has 2 aromatic rings. The van der Waals surface area contributed by atoms with Crippen LogP contribution in [0.25, 0.3) is 0 Å². The zero-order valence-corrected chi connectivity index (χ0v) is 11.8. The molecule has 1 aliphatic rings. The monoisotopic (exact) mass is 309 g/mol. The van der Waals surface area contributed by atoms with Crippen LogP contribution in [0.3, 0.4) is 0 Å². The maximum Gasteiger partial charge on any atom is 0.356 e. The Bertz CT molecular complexity index is 694. The third kappa shape index (κ3) is 2.52. The Morgan fingerprint density at radius 1 is 1.52 bits per heavy atom. The van der Waals surface area contributed by atoms with Gasteiger partial charge < -0.3 is 10.4 Å². The van der Waals surface area contributed by atoms with Gasteiger partial charge in [0.05, 0.1) is 6.54 Å². The lowest BCUT2D eigenvalue weighted by Crippen LogP contribution is -2.25. The van der Waals surface area contributed by atoms with E-state index < -0.39 is 11.8 Å². The summed E-state index contributed by atoms with van der Waals surface area (Å²) in [6, 6.07) is 4.47. The molecule has 0 bridgehead atoms. The van der Waals surface area contributed by atoms with Crippen molar-refractivity contribution < 1.29 is 14.3 Å². The Morgan fingerprint density at radius 2 is 2.33 bits per heavy atom. The zero-order chi connectivity index (χ0) is 15.0. The number of aromatic carboxylic acids is 1. The molecule has 0 saturated heterocycles. The summed E-state index contributed by atoms with van der Waals surface area (Å²) in [5.41, 5.74) is 1.83. The Kier molecular flexibility index (Phi) is 3.65. The van der Waals surface area contributed by atoms with Gasteiger partial charge in [0.25, 0.3) is 0 Å². The van der Waals surface area contributed by atoms with Crippen LogP contribution < -0.4 is 5.32 Å². The van der Waals surface area contributed by atoms with Crippen molar-refractivity contribution in [3.05, 3.63) is 51.6 Å². The number of halogens is 2. The van der Waals surface area contributed by atoms with E-state index >= 15 is 0 Å². The standard InChI is InChI=1S/C14H13ClFN3O2/c15-10-2-1-3-11(16)9(10)7-19-12-4-5-17-6-8(12)13(18-19)14(20)21/h1-3,17H,4-7H2,(H,20,21). The minimum absolute atomic E-state index is 0.0182. The largest absolute Gasteiger partial charge is 0.476 e. The average Bonchev–Trinajstić information content (AvgIpc) is 2.82. The van der Waals surface area contributed by atoms with Crippen molar-refractivity contribution in [2.75, 3.05) is 6.54 Å². The number of hydrogen-bond donors (Lipinski definition) is 2. The molecule has 0 unspecified atom stereocenters. The molecule has 1 aromatic heterocycles. The molecule has 7 heteroatoms. The van der Waals surface area contributed by atoms with E-state index in [1.807, 2.05) is 0 Å². The number of nitrogens with zero attached hydrogens (tertiary/aromatic N) is 2. The number of hydrogen-bond acceptors (Lipinski definition) is 3. The van der Waals surface area contributed by atoms with Crippen LogP contribution in [-0.2, 0) is 19.5 Å². The minimum Gasteiger partial charge on any atom is -0.476 e. The van der Waals surface area contributed by atoms with Crippen LogP contribution in [0.4, 0.5) is 4.39 Å². The normalized spacial score (nSPS) is 14.0. The first-order valence-electron chi connectivity index (χ1n) is 6.53. The van der Waals surface area contributed by atoms with Gasteiger partial charge in [-0.25, -0.2) is 9.18 Å². The summed E-state index contributed by atoms with van der Waals surface area (Å²) < 4.78 is 15.4. The molecule has 1 aromatic carbocycles. The molecule has 0 aliphatic carbocycles. The molecule has 21 heavy (non-hydrogen) atoms. The van der Waals surface area contributed by atoms with Crippen LogP contribution in [0.2, 0.25) is 5.02 Å². The SMILES string of the molecule is O=C(O)c1nn(Cc2c(F)cccc2Cl)c2c1CNCC2. The summed E-state index contributed by atoms with van der Waals surface area (Å²) in [6.45, 7) is 1.33. The number of fused-ring (bicyclic) bond motifs is 1. The van der Waals surface area contributed by atoms with Gasteiger partial charge in [0, 0.05) is 41.4 Å². The van der Waals surface area contributed by atoms with Gasteiger partial charge in [-0.15, -0.1) is 0 Å². The van der Waals surface area contributed by atoms with Gasteiger partial charge in [0.1, 0.15) is 5.82 Å². The van der Waals surface area contributed by atoms with Crippen LogP contribution in [0.5, 0.6) is 0 Å². The predicted molar refractivity (Wildman–Crippen MR) is 75.1 cm³/mol. The van der Waals surface area contributed by atoms with Gasteiger partial charge >= 0.3 is 5.97 Å². The molecule has 1 aliphatic heterocycles. The topological polar surface area (TPSA) is 67.1 Å². The fraction of sp³-hybridized carbons (Fsp3) is 0.286. The highest BCUT2D eigenvalue weighted by molar-refractivity contribution is 6.31. The maximum atomic E-state index is 13.9. The molecule has 2 N–H and O–H groups in total. The third-order valence-electron chi connectivity index (χ3n) is 3.58. The number of nitrogens with one attached hydrogen (secondary N) is 1. The lowest BCUT2D eigenvalue weighted by Gasteiger charge is -2.16. The summed E-state index contributed by atoms with van der Waals surface area (Å²) in [6.07, 6.45) is 0.654. The van der Waals surface area contributed by atoms with E-state index in [9.17, 15) is 14.3 Å². The van der Waals surface area contributed by atoms with Gasteiger partial charge in [-0.2, -0.15) is 5.10 Å². The molecule has 0 amide bonds. The number of carboxylic acid groups (broad SMARTS) is 1. The van der Waals surface area contributed by atoms with Gasteiger partial charge in [-0.3, -0.25) is 4.68 Å². The summed E-state index contributed by atoms with van der Waals surface area (Å²) in [4.78, 5) is 11.3. The summed E-state index contributed by atoms with van der Waals surface area (Å²) >= 11 is 6.02. The lowest BCUT2D eigenvalue weighted by atomic mass is 10.1. The number of rotatable bonds is 3. The van der Waals surface area contributed by atoms with E-state index in [4.69, 9.17) is 11.6 Å². The van der Waals surface area contributed by atoms with E-state index in [0.29, 0.717) is 29.1 Å². The lowest BCUT2D eigenvalue weighted by molar-refractivity contribution is 0.0688. The van der Waals surface area contributed by atoms with Gasteiger partial charge in [-0.05, 0) is 12.1 Å². The van der Waals surface area contributed by atoms with Crippen molar-refractivity contribution in [2.24, 2.45) is 0 Å². The van der Waals surface area contributed by atoms with E-state index in [2.05, 4.69) is 10.4 Å². The molecule has 0 atom stereocenters. The Morgan fingerprint density at radius 3 is 3.05 bits per heavy atom. The minimum atomic E-state index is -1.08. The van der Waals surface area contributed by atoms with Crippen LogP contribution in [0, 0.1) is 5.82 Å². The van der Waals surface area contributed by atoms with Crippen molar-refractivity contribution in [1.29, 1.82) is 0 Å². The maximum absolute atomic E-state index is 13.9. The molecule has 3 rings (SSSR count). The van der Waals surface area contributed by atoms with Crippen molar-refractivity contribution in [2.45, 2.75) is 19.5 Å². The molecule has 0 fully saturated rings. The Balaban J connectivity index is 2.05. The number of aromatic nitrogens is 2. The summed E-state index contributed by atoms with van der Waals surface area (Å²) in [5, 5.41) is 16.8. The molecule has 0 spiro atoms. The Labute approximate surface area is 125 Å². The first-order valence-corrected chi connectivity index (χ1v) is 6.91. The highest BCUT2D eigenvalue weighted by atomic mass is 35.5. The predicted octanol–water partition coefficient (Wildman–Crippen LogP) is 2.07. The van der Waals surface area contributed by atoms with E-state index in [0.717, 1.165) is 12.2 Å². The van der Waals surface area contributed by atoms with E-state index in [1.54, 1.807) is 10.7 Å². The van der Waals surface area contributed by atoms with Crippen LogP contribution in [0.15, 0.2) is 18.2 Å².